The molecule has 5 heteroatoms. The molecule has 3 aromatic rings. The van der Waals surface area contributed by atoms with Crippen LogP contribution >= 0.6 is 0 Å². The highest BCUT2D eigenvalue weighted by atomic mass is 19.1. The minimum absolute atomic E-state index is 0.123. The van der Waals surface area contributed by atoms with Gasteiger partial charge in [-0.05, 0) is 30.7 Å². The fourth-order valence-electron chi connectivity index (χ4n) is 2.60. The zero-order valence-corrected chi connectivity index (χ0v) is 14.4. The first kappa shape index (κ1) is 17.6. The van der Waals surface area contributed by atoms with Gasteiger partial charge in [0.1, 0.15) is 11.5 Å². The Balaban J connectivity index is 1.58. The number of pyridine rings is 1. The molecule has 0 radical (unpaired) electrons. The Kier molecular flexibility index (Phi) is 5.59. The van der Waals surface area contributed by atoms with Crippen LogP contribution in [-0.4, -0.2) is 10.9 Å². The lowest BCUT2D eigenvalue weighted by Crippen LogP contribution is -2.24. The lowest BCUT2D eigenvalue weighted by atomic mass is 10.1. The predicted molar refractivity (Wildman–Crippen MR) is 100 cm³/mol. The minimum Gasteiger partial charge on any atom is -0.377 e. The summed E-state index contributed by atoms with van der Waals surface area (Å²) in [6.45, 7) is 2.18. The van der Waals surface area contributed by atoms with Gasteiger partial charge in [-0.1, -0.05) is 48.5 Å². The monoisotopic (exact) mass is 349 g/mol. The van der Waals surface area contributed by atoms with Gasteiger partial charge in [-0.2, -0.15) is 0 Å². The van der Waals surface area contributed by atoms with E-state index < -0.39 is 0 Å². The van der Waals surface area contributed by atoms with E-state index in [1.54, 1.807) is 30.5 Å². The average molecular weight is 349 g/mol. The van der Waals surface area contributed by atoms with E-state index in [-0.39, 0.29) is 24.3 Å². The minimum atomic E-state index is -0.338. The van der Waals surface area contributed by atoms with Crippen molar-refractivity contribution >= 4 is 11.6 Å². The van der Waals surface area contributed by atoms with Crippen molar-refractivity contribution in [2.45, 2.75) is 19.5 Å². The molecule has 0 bridgehead atoms. The van der Waals surface area contributed by atoms with Gasteiger partial charge in [-0.25, -0.2) is 9.37 Å². The Morgan fingerprint density at radius 3 is 2.46 bits per heavy atom. The molecule has 1 aromatic heterocycles. The van der Waals surface area contributed by atoms with Crippen molar-refractivity contribution in [1.82, 2.24) is 10.3 Å². The van der Waals surface area contributed by atoms with Crippen LogP contribution in [0.15, 0.2) is 72.9 Å². The fourth-order valence-corrected chi connectivity index (χ4v) is 2.60. The van der Waals surface area contributed by atoms with Crippen LogP contribution in [0.5, 0.6) is 0 Å². The highest BCUT2D eigenvalue weighted by Crippen LogP contribution is 2.18. The van der Waals surface area contributed by atoms with Gasteiger partial charge in [-0.3, -0.25) is 4.79 Å². The number of anilines is 1. The lowest BCUT2D eigenvalue weighted by Gasteiger charge is -2.15. The smallest absolute Gasteiger partial charge is 0.270 e. The molecular weight excluding hydrogens is 329 g/mol. The number of hydrogen-bond donors (Lipinski definition) is 2. The van der Waals surface area contributed by atoms with Crippen molar-refractivity contribution in [2.24, 2.45) is 0 Å². The third kappa shape index (κ3) is 4.45. The topological polar surface area (TPSA) is 54.0 Å². The Bertz CT molecular complexity index is 866. The molecule has 0 aliphatic heterocycles. The van der Waals surface area contributed by atoms with E-state index in [1.165, 1.54) is 11.6 Å². The number of halogens is 1. The summed E-state index contributed by atoms with van der Waals surface area (Å²) in [7, 11) is 0. The summed E-state index contributed by atoms with van der Waals surface area (Å²) >= 11 is 0. The van der Waals surface area contributed by atoms with E-state index in [1.807, 2.05) is 24.3 Å². The van der Waals surface area contributed by atoms with Gasteiger partial charge in [-0.15, -0.1) is 0 Å². The summed E-state index contributed by atoms with van der Waals surface area (Å²) < 4.78 is 13.6. The first-order valence-corrected chi connectivity index (χ1v) is 8.42. The van der Waals surface area contributed by atoms with Gasteiger partial charge in [0.05, 0.1) is 11.9 Å². The van der Waals surface area contributed by atoms with Crippen molar-refractivity contribution in [1.29, 1.82) is 0 Å². The molecule has 0 aliphatic rings. The van der Waals surface area contributed by atoms with Crippen LogP contribution in [0, 0.1) is 5.82 Å². The quantitative estimate of drug-likeness (QED) is 0.697. The molecule has 3 rings (SSSR count). The molecule has 1 heterocycles. The van der Waals surface area contributed by atoms with Gasteiger partial charge in [0.2, 0.25) is 0 Å². The number of carbonyl (C=O) groups is 1. The predicted octanol–water partition coefficient (Wildman–Crippen LogP) is 4.32. The molecule has 0 saturated carbocycles. The summed E-state index contributed by atoms with van der Waals surface area (Å²) in [5.41, 5.74) is 2.72. The number of benzene rings is 2. The Morgan fingerprint density at radius 1 is 1.04 bits per heavy atom. The third-order valence-electron chi connectivity index (χ3n) is 4.08. The first-order chi connectivity index (χ1) is 12.6. The van der Waals surface area contributed by atoms with Crippen molar-refractivity contribution in [3.05, 3.63) is 95.6 Å². The Morgan fingerprint density at radius 2 is 1.77 bits per heavy atom. The number of amides is 1. The SMILES string of the molecule is CC(Nc1ccc(C(=O)NCc2ccccc2F)nc1)c1ccccc1. The van der Waals surface area contributed by atoms with E-state index in [0.29, 0.717) is 11.3 Å². The fraction of sp³-hybridized carbons (Fsp3) is 0.143. The van der Waals surface area contributed by atoms with E-state index in [4.69, 9.17) is 0 Å². The maximum atomic E-state index is 13.6. The van der Waals surface area contributed by atoms with E-state index in [2.05, 4.69) is 34.7 Å². The Labute approximate surface area is 152 Å². The molecule has 132 valence electrons. The van der Waals surface area contributed by atoms with Crippen LogP contribution in [0.3, 0.4) is 0 Å². The molecule has 0 spiro atoms. The maximum Gasteiger partial charge on any atom is 0.270 e. The summed E-state index contributed by atoms with van der Waals surface area (Å²) in [5.74, 6) is -0.675. The number of nitrogens with one attached hydrogen (secondary N) is 2. The van der Waals surface area contributed by atoms with E-state index in [0.717, 1.165) is 5.69 Å². The van der Waals surface area contributed by atoms with Gasteiger partial charge in [0, 0.05) is 18.2 Å². The average Bonchev–Trinajstić information content (AvgIpc) is 2.68. The number of rotatable bonds is 6. The van der Waals surface area contributed by atoms with Crippen molar-refractivity contribution < 1.29 is 9.18 Å². The number of hydrogen-bond acceptors (Lipinski definition) is 3. The molecule has 0 fully saturated rings. The Hall–Kier alpha value is -3.21. The molecule has 2 aromatic carbocycles. The summed E-state index contributed by atoms with van der Waals surface area (Å²) in [4.78, 5) is 16.4. The molecule has 26 heavy (non-hydrogen) atoms. The summed E-state index contributed by atoms with van der Waals surface area (Å²) in [5, 5.41) is 6.03. The van der Waals surface area contributed by atoms with Crippen molar-refractivity contribution in [3.63, 3.8) is 0 Å². The van der Waals surface area contributed by atoms with Gasteiger partial charge in [0.25, 0.3) is 5.91 Å². The second-order valence-electron chi connectivity index (χ2n) is 5.98. The molecule has 1 atom stereocenters. The van der Waals surface area contributed by atoms with E-state index >= 15 is 0 Å². The molecule has 4 nitrogen and oxygen atoms in total. The molecule has 0 saturated heterocycles. The molecule has 1 unspecified atom stereocenters. The first-order valence-electron chi connectivity index (χ1n) is 8.42. The van der Waals surface area contributed by atoms with Gasteiger partial charge >= 0.3 is 0 Å². The number of aromatic nitrogens is 1. The van der Waals surface area contributed by atoms with Gasteiger partial charge < -0.3 is 10.6 Å². The molecule has 0 aliphatic carbocycles. The standard InChI is InChI=1S/C21H20FN3O/c1-15(16-7-3-2-4-8-16)25-18-11-12-20(23-14-18)21(26)24-13-17-9-5-6-10-19(17)22/h2-12,14-15,25H,13H2,1H3,(H,24,26). The zero-order chi connectivity index (χ0) is 18.4. The van der Waals surface area contributed by atoms with Crippen LogP contribution in [0.25, 0.3) is 0 Å². The van der Waals surface area contributed by atoms with Crippen LogP contribution in [-0.2, 0) is 6.54 Å². The zero-order valence-electron chi connectivity index (χ0n) is 14.4. The van der Waals surface area contributed by atoms with Crippen molar-refractivity contribution in [3.8, 4) is 0 Å². The highest BCUT2D eigenvalue weighted by molar-refractivity contribution is 5.92. The van der Waals surface area contributed by atoms with Crippen LogP contribution in [0.2, 0.25) is 0 Å². The van der Waals surface area contributed by atoms with Gasteiger partial charge in [0.15, 0.2) is 0 Å². The number of nitrogens with zero attached hydrogens (tertiary/aromatic N) is 1. The summed E-state index contributed by atoms with van der Waals surface area (Å²) in [6.07, 6.45) is 1.62. The van der Waals surface area contributed by atoms with Crippen molar-refractivity contribution in [2.75, 3.05) is 5.32 Å². The molecule has 2 N–H and O–H groups in total. The number of carbonyl (C=O) groups excluding carboxylic acids is 1. The largest absolute Gasteiger partial charge is 0.377 e. The lowest BCUT2D eigenvalue weighted by molar-refractivity contribution is 0.0945. The second kappa shape index (κ2) is 8.25. The van der Waals surface area contributed by atoms with Crippen LogP contribution in [0.4, 0.5) is 10.1 Å². The van der Waals surface area contributed by atoms with Crippen LogP contribution < -0.4 is 10.6 Å². The normalized spacial score (nSPS) is 11.6. The van der Waals surface area contributed by atoms with Crippen LogP contribution in [0.1, 0.15) is 34.6 Å². The highest BCUT2D eigenvalue weighted by Gasteiger charge is 2.10. The molecular formula is C21H20FN3O. The molecule has 1 amide bonds. The maximum absolute atomic E-state index is 13.6. The second-order valence-corrected chi connectivity index (χ2v) is 5.98. The summed E-state index contributed by atoms with van der Waals surface area (Å²) in [6, 6.07) is 20.0. The van der Waals surface area contributed by atoms with E-state index in [9.17, 15) is 9.18 Å². The third-order valence-corrected chi connectivity index (χ3v) is 4.08.